The molecule has 1 atom stereocenters. The van der Waals surface area contributed by atoms with Gasteiger partial charge in [0, 0.05) is 18.5 Å². The number of aromatic nitrogens is 1. The molecule has 2 aromatic carbocycles. The number of hydrogen-bond donors (Lipinski definition) is 1. The molecule has 6 heteroatoms. The van der Waals surface area contributed by atoms with Crippen molar-refractivity contribution in [3.63, 3.8) is 0 Å². The molecule has 1 saturated heterocycles. The number of benzene rings is 2. The van der Waals surface area contributed by atoms with E-state index in [1.54, 1.807) is 6.26 Å². The number of likely N-dealkylation sites (tertiary alicyclic amines) is 1. The van der Waals surface area contributed by atoms with E-state index in [0.717, 1.165) is 42.0 Å². The molecule has 1 aromatic heterocycles. The second kappa shape index (κ2) is 9.13. The first-order chi connectivity index (χ1) is 14.6. The molecule has 0 spiro atoms. The van der Waals surface area contributed by atoms with Gasteiger partial charge in [-0.05, 0) is 56.1 Å². The van der Waals surface area contributed by atoms with Gasteiger partial charge in [-0.1, -0.05) is 29.8 Å². The smallest absolute Gasteiger partial charge is 0.320 e. The maximum Gasteiger partial charge on any atom is 0.320 e. The first kappa shape index (κ1) is 20.2. The van der Waals surface area contributed by atoms with E-state index in [4.69, 9.17) is 9.15 Å². The summed E-state index contributed by atoms with van der Waals surface area (Å²) in [5.41, 5.74) is 4.12. The largest absolute Gasteiger partial charge is 0.493 e. The standard InChI is InChI=1S/C24H26N2O4/c1-17-4-8-19(9-5-17)23-25-20(16-30-23)12-14-29-21-10-6-18(7-11-21)15-26-13-2-3-22(26)24(27)28/h4-11,16,22H,2-3,12-15H2,1H3,(H,27,28)/t22-/m1/s1. The zero-order chi connectivity index (χ0) is 20.9. The summed E-state index contributed by atoms with van der Waals surface area (Å²) < 4.78 is 11.4. The highest BCUT2D eigenvalue weighted by molar-refractivity contribution is 5.73. The summed E-state index contributed by atoms with van der Waals surface area (Å²) in [5.74, 6) is 0.680. The molecule has 0 bridgehead atoms. The van der Waals surface area contributed by atoms with Gasteiger partial charge in [0.15, 0.2) is 0 Å². The Labute approximate surface area is 176 Å². The molecular formula is C24H26N2O4. The van der Waals surface area contributed by atoms with Crippen molar-refractivity contribution in [3.8, 4) is 17.2 Å². The van der Waals surface area contributed by atoms with Crippen LogP contribution >= 0.6 is 0 Å². The Kier molecular flexibility index (Phi) is 6.14. The van der Waals surface area contributed by atoms with Crippen molar-refractivity contribution in [1.29, 1.82) is 0 Å². The molecule has 1 aliphatic heterocycles. The zero-order valence-electron chi connectivity index (χ0n) is 17.1. The fourth-order valence-electron chi connectivity index (χ4n) is 3.74. The number of nitrogens with zero attached hydrogens (tertiary/aromatic N) is 2. The Morgan fingerprint density at radius 3 is 2.70 bits per heavy atom. The van der Waals surface area contributed by atoms with Crippen LogP contribution in [0.3, 0.4) is 0 Å². The van der Waals surface area contributed by atoms with Crippen LogP contribution in [-0.4, -0.2) is 40.2 Å². The average molecular weight is 406 g/mol. The van der Waals surface area contributed by atoms with E-state index >= 15 is 0 Å². The summed E-state index contributed by atoms with van der Waals surface area (Å²) in [4.78, 5) is 17.9. The molecule has 1 aliphatic rings. The first-order valence-electron chi connectivity index (χ1n) is 10.3. The van der Waals surface area contributed by atoms with Gasteiger partial charge in [0.25, 0.3) is 0 Å². The molecule has 1 N–H and O–H groups in total. The second-order valence-electron chi connectivity index (χ2n) is 7.72. The third kappa shape index (κ3) is 4.89. The lowest BCUT2D eigenvalue weighted by molar-refractivity contribution is -0.142. The van der Waals surface area contributed by atoms with Crippen LogP contribution in [0, 0.1) is 6.92 Å². The summed E-state index contributed by atoms with van der Waals surface area (Å²) in [6.07, 6.45) is 4.00. The normalized spacial score (nSPS) is 16.6. The van der Waals surface area contributed by atoms with Gasteiger partial charge in [0.1, 0.15) is 18.1 Å². The summed E-state index contributed by atoms with van der Waals surface area (Å²) in [6, 6.07) is 15.6. The van der Waals surface area contributed by atoms with Crippen molar-refractivity contribution in [2.24, 2.45) is 0 Å². The van der Waals surface area contributed by atoms with Crippen molar-refractivity contribution < 1.29 is 19.1 Å². The molecule has 0 saturated carbocycles. The minimum absolute atomic E-state index is 0.367. The van der Waals surface area contributed by atoms with E-state index in [-0.39, 0.29) is 6.04 Å². The summed E-state index contributed by atoms with van der Waals surface area (Å²) in [5, 5.41) is 9.30. The zero-order valence-corrected chi connectivity index (χ0v) is 17.1. The molecule has 6 nitrogen and oxygen atoms in total. The Hall–Kier alpha value is -3.12. The molecule has 3 aromatic rings. The van der Waals surface area contributed by atoms with Crippen LogP contribution in [0.15, 0.2) is 59.2 Å². The van der Waals surface area contributed by atoms with Gasteiger partial charge < -0.3 is 14.3 Å². The predicted molar refractivity (Wildman–Crippen MR) is 113 cm³/mol. The summed E-state index contributed by atoms with van der Waals surface area (Å²) in [6.45, 7) is 4.04. The lowest BCUT2D eigenvalue weighted by Gasteiger charge is -2.21. The van der Waals surface area contributed by atoms with Crippen LogP contribution in [0.25, 0.3) is 11.5 Å². The quantitative estimate of drug-likeness (QED) is 0.600. The molecule has 0 radical (unpaired) electrons. The van der Waals surface area contributed by atoms with Crippen molar-refractivity contribution in [2.75, 3.05) is 13.2 Å². The third-order valence-corrected chi connectivity index (χ3v) is 5.43. The van der Waals surface area contributed by atoms with Crippen LogP contribution < -0.4 is 4.74 Å². The van der Waals surface area contributed by atoms with E-state index in [9.17, 15) is 9.90 Å². The molecule has 156 valence electrons. The van der Waals surface area contributed by atoms with Crippen LogP contribution in [0.1, 0.15) is 29.7 Å². The van der Waals surface area contributed by atoms with Gasteiger partial charge in [-0.3, -0.25) is 9.69 Å². The van der Waals surface area contributed by atoms with Crippen LogP contribution in [0.2, 0.25) is 0 Å². The molecule has 30 heavy (non-hydrogen) atoms. The molecule has 0 aliphatic carbocycles. The fourth-order valence-corrected chi connectivity index (χ4v) is 3.74. The van der Waals surface area contributed by atoms with E-state index in [1.807, 2.05) is 60.4 Å². The topological polar surface area (TPSA) is 75.8 Å². The van der Waals surface area contributed by atoms with Crippen molar-refractivity contribution in [2.45, 2.75) is 38.8 Å². The average Bonchev–Trinajstić information content (AvgIpc) is 3.40. The van der Waals surface area contributed by atoms with Crippen molar-refractivity contribution in [1.82, 2.24) is 9.88 Å². The number of oxazole rings is 1. The number of carboxylic acids is 1. The lowest BCUT2D eigenvalue weighted by Crippen LogP contribution is -2.35. The third-order valence-electron chi connectivity index (χ3n) is 5.43. The monoisotopic (exact) mass is 406 g/mol. The summed E-state index contributed by atoms with van der Waals surface area (Å²) in [7, 11) is 0. The molecule has 4 rings (SSSR count). The van der Waals surface area contributed by atoms with Crippen LogP contribution in [0.5, 0.6) is 5.75 Å². The van der Waals surface area contributed by atoms with Gasteiger partial charge >= 0.3 is 5.97 Å². The Bertz CT molecular complexity index is 979. The fraction of sp³-hybridized carbons (Fsp3) is 0.333. The van der Waals surface area contributed by atoms with E-state index in [2.05, 4.69) is 4.98 Å². The Morgan fingerprint density at radius 1 is 1.20 bits per heavy atom. The maximum atomic E-state index is 11.3. The van der Waals surface area contributed by atoms with Crippen LogP contribution in [-0.2, 0) is 17.8 Å². The minimum atomic E-state index is -0.731. The number of rotatable bonds is 8. The van der Waals surface area contributed by atoms with Crippen LogP contribution in [0.4, 0.5) is 0 Å². The Balaban J connectivity index is 1.27. The highest BCUT2D eigenvalue weighted by Gasteiger charge is 2.30. The first-order valence-corrected chi connectivity index (χ1v) is 10.3. The number of aliphatic carboxylic acids is 1. The number of hydrogen-bond acceptors (Lipinski definition) is 5. The number of carbonyl (C=O) groups is 1. The van der Waals surface area contributed by atoms with Gasteiger partial charge in [-0.2, -0.15) is 0 Å². The lowest BCUT2D eigenvalue weighted by atomic mass is 10.1. The van der Waals surface area contributed by atoms with Gasteiger partial charge in [-0.15, -0.1) is 0 Å². The van der Waals surface area contributed by atoms with E-state index in [1.165, 1.54) is 5.56 Å². The number of ether oxygens (including phenoxy) is 1. The van der Waals surface area contributed by atoms with Gasteiger partial charge in [-0.25, -0.2) is 4.98 Å². The predicted octanol–water partition coefficient (Wildman–Crippen LogP) is 4.32. The number of aryl methyl sites for hydroxylation is 1. The van der Waals surface area contributed by atoms with Crippen molar-refractivity contribution >= 4 is 5.97 Å². The highest BCUT2D eigenvalue weighted by atomic mass is 16.5. The van der Waals surface area contributed by atoms with Gasteiger partial charge in [0.2, 0.25) is 5.89 Å². The Morgan fingerprint density at radius 2 is 1.97 bits per heavy atom. The molecule has 1 fully saturated rings. The van der Waals surface area contributed by atoms with E-state index < -0.39 is 5.97 Å². The van der Waals surface area contributed by atoms with Crippen molar-refractivity contribution in [3.05, 3.63) is 71.6 Å². The second-order valence-corrected chi connectivity index (χ2v) is 7.72. The molecule has 0 unspecified atom stereocenters. The highest BCUT2D eigenvalue weighted by Crippen LogP contribution is 2.22. The SMILES string of the molecule is Cc1ccc(-c2nc(CCOc3ccc(CN4CCC[C@@H]4C(=O)O)cc3)co2)cc1. The maximum absolute atomic E-state index is 11.3. The molecule has 2 heterocycles. The summed E-state index contributed by atoms with van der Waals surface area (Å²) >= 11 is 0. The minimum Gasteiger partial charge on any atom is -0.493 e. The number of carboxylic acid groups (broad SMARTS) is 1. The molecule has 0 amide bonds. The molecular weight excluding hydrogens is 380 g/mol. The van der Waals surface area contributed by atoms with E-state index in [0.29, 0.717) is 25.5 Å². The van der Waals surface area contributed by atoms with Gasteiger partial charge in [0.05, 0.1) is 12.3 Å².